The fourth-order valence-electron chi connectivity index (χ4n) is 2.13. The summed E-state index contributed by atoms with van der Waals surface area (Å²) in [5, 5.41) is 0. The van der Waals surface area contributed by atoms with Gasteiger partial charge in [0.25, 0.3) is 0 Å². The standard InChI is InChI=1S/C12H13BrN2O/c1-12(2)7-15-10-4-3-8(13)5-9(10)14-11(15)6-16-12/h3-5H,6-7H2,1-2H3. The van der Waals surface area contributed by atoms with Gasteiger partial charge < -0.3 is 9.30 Å². The predicted molar refractivity (Wildman–Crippen MR) is 66.3 cm³/mol. The molecule has 2 aromatic rings. The lowest BCUT2D eigenvalue weighted by molar-refractivity contribution is -0.0634. The van der Waals surface area contributed by atoms with Crippen molar-refractivity contribution in [2.45, 2.75) is 32.6 Å². The number of fused-ring (bicyclic) bond motifs is 3. The molecule has 0 saturated heterocycles. The molecule has 0 bridgehead atoms. The van der Waals surface area contributed by atoms with E-state index in [1.54, 1.807) is 0 Å². The zero-order chi connectivity index (χ0) is 11.3. The van der Waals surface area contributed by atoms with Gasteiger partial charge in [-0.15, -0.1) is 0 Å². The topological polar surface area (TPSA) is 27.1 Å². The molecule has 1 aromatic carbocycles. The van der Waals surface area contributed by atoms with E-state index in [9.17, 15) is 0 Å². The average molecular weight is 281 g/mol. The molecule has 0 aliphatic carbocycles. The number of benzene rings is 1. The molecule has 16 heavy (non-hydrogen) atoms. The van der Waals surface area contributed by atoms with Gasteiger partial charge in [-0.1, -0.05) is 15.9 Å². The second-order valence-electron chi connectivity index (χ2n) is 4.80. The lowest BCUT2D eigenvalue weighted by Gasteiger charge is -2.31. The van der Waals surface area contributed by atoms with Crippen LogP contribution in [0.4, 0.5) is 0 Å². The Labute approximate surface area is 103 Å². The summed E-state index contributed by atoms with van der Waals surface area (Å²) in [4.78, 5) is 4.59. The number of ether oxygens (including phenoxy) is 1. The van der Waals surface area contributed by atoms with Crippen molar-refractivity contribution in [1.29, 1.82) is 0 Å². The Morgan fingerprint density at radius 1 is 1.44 bits per heavy atom. The fourth-order valence-corrected chi connectivity index (χ4v) is 2.47. The predicted octanol–water partition coefficient (Wildman–Crippen LogP) is 3.11. The van der Waals surface area contributed by atoms with E-state index in [1.807, 2.05) is 6.07 Å². The maximum absolute atomic E-state index is 5.76. The van der Waals surface area contributed by atoms with Crippen molar-refractivity contribution in [3.05, 3.63) is 28.5 Å². The van der Waals surface area contributed by atoms with E-state index in [-0.39, 0.29) is 5.60 Å². The number of hydrogen-bond acceptors (Lipinski definition) is 2. The maximum atomic E-state index is 5.76. The third-order valence-electron chi connectivity index (χ3n) is 2.92. The first-order chi connectivity index (χ1) is 7.55. The summed E-state index contributed by atoms with van der Waals surface area (Å²) in [5.74, 6) is 1.02. The Kier molecular flexibility index (Phi) is 2.13. The van der Waals surface area contributed by atoms with Crippen LogP contribution < -0.4 is 0 Å². The zero-order valence-electron chi connectivity index (χ0n) is 9.33. The highest BCUT2D eigenvalue weighted by molar-refractivity contribution is 9.10. The molecule has 2 heterocycles. The molecule has 3 rings (SSSR count). The van der Waals surface area contributed by atoms with Gasteiger partial charge >= 0.3 is 0 Å². The number of hydrogen-bond donors (Lipinski definition) is 0. The Morgan fingerprint density at radius 2 is 2.25 bits per heavy atom. The molecule has 0 amide bonds. The number of aromatic nitrogens is 2. The van der Waals surface area contributed by atoms with E-state index >= 15 is 0 Å². The summed E-state index contributed by atoms with van der Waals surface area (Å²) < 4.78 is 9.08. The third kappa shape index (κ3) is 1.57. The van der Waals surface area contributed by atoms with Crippen molar-refractivity contribution in [2.75, 3.05) is 0 Å². The van der Waals surface area contributed by atoms with E-state index in [4.69, 9.17) is 4.74 Å². The molecule has 4 heteroatoms. The molecular weight excluding hydrogens is 268 g/mol. The van der Waals surface area contributed by atoms with Crippen molar-refractivity contribution in [2.24, 2.45) is 0 Å². The Bertz CT molecular complexity index is 559. The highest BCUT2D eigenvalue weighted by Gasteiger charge is 2.27. The average Bonchev–Trinajstić information content (AvgIpc) is 2.53. The molecule has 0 atom stereocenters. The van der Waals surface area contributed by atoms with E-state index < -0.39 is 0 Å². The van der Waals surface area contributed by atoms with Crippen molar-refractivity contribution in [3.63, 3.8) is 0 Å². The molecule has 0 fully saturated rings. The van der Waals surface area contributed by atoms with Gasteiger partial charge in [-0.05, 0) is 32.0 Å². The summed E-state index contributed by atoms with van der Waals surface area (Å²) in [6.07, 6.45) is 0. The van der Waals surface area contributed by atoms with Gasteiger partial charge in [0.1, 0.15) is 12.4 Å². The van der Waals surface area contributed by atoms with E-state index in [2.05, 4.69) is 51.5 Å². The second-order valence-corrected chi connectivity index (χ2v) is 5.71. The van der Waals surface area contributed by atoms with Crippen LogP contribution in [0.25, 0.3) is 11.0 Å². The number of rotatable bonds is 0. The van der Waals surface area contributed by atoms with Crippen LogP contribution in [0.5, 0.6) is 0 Å². The van der Waals surface area contributed by atoms with Gasteiger partial charge in [-0.25, -0.2) is 4.98 Å². The molecule has 0 saturated carbocycles. The second kappa shape index (κ2) is 3.31. The molecule has 84 valence electrons. The molecule has 3 nitrogen and oxygen atoms in total. The summed E-state index contributed by atoms with van der Waals surface area (Å²) in [7, 11) is 0. The van der Waals surface area contributed by atoms with Gasteiger partial charge in [-0.2, -0.15) is 0 Å². The van der Waals surface area contributed by atoms with Crippen LogP contribution in [0, 0.1) is 0 Å². The molecule has 0 N–H and O–H groups in total. The lowest BCUT2D eigenvalue weighted by atomic mass is 10.1. The zero-order valence-corrected chi connectivity index (χ0v) is 10.9. The fraction of sp³-hybridized carbons (Fsp3) is 0.417. The first-order valence-corrected chi connectivity index (χ1v) is 6.13. The molecule has 0 unspecified atom stereocenters. The van der Waals surface area contributed by atoms with Crippen molar-refractivity contribution >= 4 is 27.0 Å². The Balaban J connectivity index is 2.22. The first kappa shape index (κ1) is 10.3. The normalized spacial score (nSPS) is 18.7. The quantitative estimate of drug-likeness (QED) is 0.742. The van der Waals surface area contributed by atoms with E-state index in [0.717, 1.165) is 22.4 Å². The minimum Gasteiger partial charge on any atom is -0.366 e. The third-order valence-corrected chi connectivity index (χ3v) is 3.41. The molecule has 0 radical (unpaired) electrons. The van der Waals surface area contributed by atoms with Gasteiger partial charge in [0.15, 0.2) is 0 Å². The summed E-state index contributed by atoms with van der Waals surface area (Å²) in [6, 6.07) is 6.21. The van der Waals surface area contributed by atoms with Crippen LogP contribution in [-0.4, -0.2) is 15.2 Å². The van der Waals surface area contributed by atoms with Gasteiger partial charge in [0.2, 0.25) is 0 Å². The van der Waals surface area contributed by atoms with Gasteiger partial charge in [0.05, 0.1) is 23.2 Å². The van der Waals surface area contributed by atoms with Crippen molar-refractivity contribution in [3.8, 4) is 0 Å². The number of nitrogens with zero attached hydrogens (tertiary/aromatic N) is 2. The van der Waals surface area contributed by atoms with Crippen LogP contribution in [0.1, 0.15) is 19.7 Å². The van der Waals surface area contributed by atoms with Crippen LogP contribution in [0.15, 0.2) is 22.7 Å². The number of imidazole rings is 1. The molecule has 1 aliphatic rings. The summed E-state index contributed by atoms with van der Waals surface area (Å²) in [6.45, 7) is 5.68. The molecule has 1 aromatic heterocycles. The van der Waals surface area contributed by atoms with Gasteiger partial charge in [0, 0.05) is 4.47 Å². The van der Waals surface area contributed by atoms with Crippen LogP contribution in [0.2, 0.25) is 0 Å². The highest BCUT2D eigenvalue weighted by atomic mass is 79.9. The van der Waals surface area contributed by atoms with Crippen molar-refractivity contribution < 1.29 is 4.74 Å². The van der Waals surface area contributed by atoms with Crippen molar-refractivity contribution in [1.82, 2.24) is 9.55 Å². The van der Waals surface area contributed by atoms with Crippen LogP contribution >= 0.6 is 15.9 Å². The van der Waals surface area contributed by atoms with Crippen LogP contribution in [0.3, 0.4) is 0 Å². The minimum atomic E-state index is -0.103. The SMILES string of the molecule is CC1(C)Cn2c(nc3cc(Br)ccc32)CO1. The van der Waals surface area contributed by atoms with E-state index in [1.165, 1.54) is 5.52 Å². The molecule has 1 aliphatic heterocycles. The first-order valence-electron chi connectivity index (χ1n) is 5.34. The van der Waals surface area contributed by atoms with Gasteiger partial charge in [-0.3, -0.25) is 0 Å². The largest absolute Gasteiger partial charge is 0.366 e. The Hall–Kier alpha value is -0.870. The number of halogens is 1. The lowest BCUT2D eigenvalue weighted by Crippen LogP contribution is -2.35. The Morgan fingerprint density at radius 3 is 3.06 bits per heavy atom. The van der Waals surface area contributed by atoms with Crippen LogP contribution in [-0.2, 0) is 17.9 Å². The minimum absolute atomic E-state index is 0.103. The monoisotopic (exact) mass is 280 g/mol. The molecular formula is C12H13BrN2O. The summed E-state index contributed by atoms with van der Waals surface area (Å²) in [5.41, 5.74) is 2.12. The highest BCUT2D eigenvalue weighted by Crippen LogP contribution is 2.28. The smallest absolute Gasteiger partial charge is 0.136 e. The summed E-state index contributed by atoms with van der Waals surface area (Å²) >= 11 is 3.47. The maximum Gasteiger partial charge on any atom is 0.136 e. The van der Waals surface area contributed by atoms with E-state index in [0.29, 0.717) is 6.61 Å². The molecule has 0 spiro atoms.